The fraction of sp³-hybridized carbons (Fsp3) is 0.391. The van der Waals surface area contributed by atoms with Crippen molar-refractivity contribution in [2.45, 2.75) is 38.7 Å². The second kappa shape index (κ2) is 7.48. The van der Waals surface area contributed by atoms with Crippen LogP contribution in [0, 0.1) is 12.0 Å². The Hall–Kier alpha value is -2.51. The van der Waals surface area contributed by atoms with Gasteiger partial charge < -0.3 is 9.64 Å². The molecular weight excluding hydrogens is 372 g/mol. The van der Waals surface area contributed by atoms with Gasteiger partial charge in [0, 0.05) is 34.8 Å². The van der Waals surface area contributed by atoms with Gasteiger partial charge in [-0.15, -0.1) is 0 Å². The molecule has 2 fully saturated rings. The van der Waals surface area contributed by atoms with Gasteiger partial charge in [0.1, 0.15) is 5.75 Å². The molecule has 4 nitrogen and oxygen atoms in total. The van der Waals surface area contributed by atoms with Crippen LogP contribution in [-0.2, 0) is 0 Å². The lowest BCUT2D eigenvalue weighted by molar-refractivity contribution is 0.0589. The molecule has 4 rings (SSSR count). The van der Waals surface area contributed by atoms with Crippen molar-refractivity contribution in [1.29, 1.82) is 0 Å². The molecule has 1 saturated heterocycles. The molecule has 0 amide bonds. The largest absolute Gasteiger partial charge is 0.490 e. The third-order valence-electron chi connectivity index (χ3n) is 6.03. The number of benzene rings is 2. The van der Waals surface area contributed by atoms with E-state index in [0.29, 0.717) is 21.7 Å². The van der Waals surface area contributed by atoms with Crippen LogP contribution >= 0.6 is 11.6 Å². The molecular formula is C23H23ClN2O2. The SMILES string of the molecule is [C-]#[N+]c1ccc(N2CC3(CCC(Oc4ccc(C(C)=O)cc4)CC3)C2)cc1Cl. The van der Waals surface area contributed by atoms with Gasteiger partial charge in [0.15, 0.2) is 5.78 Å². The van der Waals surface area contributed by atoms with E-state index < -0.39 is 0 Å². The van der Waals surface area contributed by atoms with E-state index in [-0.39, 0.29) is 11.9 Å². The molecule has 2 aromatic carbocycles. The van der Waals surface area contributed by atoms with Crippen molar-refractivity contribution in [3.05, 3.63) is 64.5 Å². The van der Waals surface area contributed by atoms with E-state index in [1.165, 1.54) is 0 Å². The summed E-state index contributed by atoms with van der Waals surface area (Å²) in [6, 6.07) is 13.1. The van der Waals surface area contributed by atoms with Crippen LogP contribution in [0.4, 0.5) is 11.4 Å². The molecule has 1 spiro atoms. The number of hydrogen-bond donors (Lipinski definition) is 0. The topological polar surface area (TPSA) is 33.9 Å². The summed E-state index contributed by atoms with van der Waals surface area (Å²) in [5, 5.41) is 0.529. The van der Waals surface area contributed by atoms with E-state index in [4.69, 9.17) is 22.9 Å². The first-order valence-electron chi connectivity index (χ1n) is 9.68. The van der Waals surface area contributed by atoms with E-state index in [1.54, 1.807) is 13.0 Å². The maximum absolute atomic E-state index is 11.4. The molecule has 1 heterocycles. The zero-order valence-electron chi connectivity index (χ0n) is 16.0. The molecule has 0 unspecified atom stereocenters. The maximum Gasteiger partial charge on any atom is 0.205 e. The number of halogens is 1. The molecule has 0 N–H and O–H groups in total. The molecule has 0 aromatic heterocycles. The van der Waals surface area contributed by atoms with Crippen molar-refractivity contribution < 1.29 is 9.53 Å². The minimum Gasteiger partial charge on any atom is -0.490 e. The smallest absolute Gasteiger partial charge is 0.205 e. The summed E-state index contributed by atoms with van der Waals surface area (Å²) in [5.41, 5.74) is 2.71. The highest BCUT2D eigenvalue weighted by molar-refractivity contribution is 6.33. The Morgan fingerprint density at radius 1 is 1.18 bits per heavy atom. The third kappa shape index (κ3) is 3.72. The number of carbonyl (C=O) groups is 1. The fourth-order valence-corrected chi connectivity index (χ4v) is 4.54. The van der Waals surface area contributed by atoms with Crippen molar-refractivity contribution >= 4 is 28.8 Å². The molecule has 144 valence electrons. The van der Waals surface area contributed by atoms with Gasteiger partial charge in [-0.3, -0.25) is 4.79 Å². The highest BCUT2D eigenvalue weighted by Gasteiger charge is 2.45. The second-order valence-corrected chi connectivity index (χ2v) is 8.41. The minimum absolute atomic E-state index is 0.0747. The average molecular weight is 395 g/mol. The lowest BCUT2D eigenvalue weighted by Gasteiger charge is -2.54. The van der Waals surface area contributed by atoms with E-state index >= 15 is 0 Å². The number of ketones is 1. The summed E-state index contributed by atoms with van der Waals surface area (Å²) >= 11 is 6.18. The van der Waals surface area contributed by atoms with Gasteiger partial charge in [-0.1, -0.05) is 17.7 Å². The normalized spacial score (nSPS) is 18.4. The van der Waals surface area contributed by atoms with Gasteiger partial charge in [-0.05, 0) is 69.0 Å². The summed E-state index contributed by atoms with van der Waals surface area (Å²) < 4.78 is 6.13. The Balaban J connectivity index is 1.30. The minimum atomic E-state index is 0.0747. The maximum atomic E-state index is 11.4. The Bertz CT molecular complexity index is 917. The highest BCUT2D eigenvalue weighted by Crippen LogP contribution is 2.46. The molecule has 0 bridgehead atoms. The Labute approximate surface area is 170 Å². The van der Waals surface area contributed by atoms with Gasteiger partial charge in [-0.2, -0.15) is 0 Å². The van der Waals surface area contributed by atoms with E-state index in [0.717, 1.165) is 50.2 Å². The lowest BCUT2D eigenvalue weighted by atomic mass is 9.67. The van der Waals surface area contributed by atoms with Gasteiger partial charge in [0.2, 0.25) is 5.69 Å². The third-order valence-corrected chi connectivity index (χ3v) is 6.33. The van der Waals surface area contributed by atoms with Gasteiger partial charge in [-0.25, -0.2) is 4.85 Å². The van der Waals surface area contributed by atoms with Crippen LogP contribution in [0.1, 0.15) is 43.0 Å². The van der Waals surface area contributed by atoms with Crippen LogP contribution in [0.3, 0.4) is 0 Å². The van der Waals surface area contributed by atoms with Crippen LogP contribution in [0.5, 0.6) is 5.75 Å². The number of hydrogen-bond acceptors (Lipinski definition) is 3. The van der Waals surface area contributed by atoms with Crippen molar-refractivity contribution in [1.82, 2.24) is 0 Å². The molecule has 0 radical (unpaired) electrons. The summed E-state index contributed by atoms with van der Waals surface area (Å²) in [7, 11) is 0. The summed E-state index contributed by atoms with van der Waals surface area (Å²) in [4.78, 5) is 17.1. The van der Waals surface area contributed by atoms with Crippen molar-refractivity contribution in [3.63, 3.8) is 0 Å². The zero-order valence-corrected chi connectivity index (χ0v) is 16.7. The first-order chi connectivity index (χ1) is 13.5. The number of nitrogens with zero attached hydrogens (tertiary/aromatic N) is 2. The number of anilines is 1. The van der Waals surface area contributed by atoms with Crippen molar-refractivity contribution in [3.8, 4) is 5.75 Å². The zero-order chi connectivity index (χ0) is 19.7. The van der Waals surface area contributed by atoms with Crippen LogP contribution in [0.25, 0.3) is 4.85 Å². The molecule has 28 heavy (non-hydrogen) atoms. The molecule has 0 atom stereocenters. The van der Waals surface area contributed by atoms with Gasteiger partial charge in [0.05, 0.1) is 12.7 Å². The first-order valence-corrected chi connectivity index (χ1v) is 10.1. The molecule has 1 saturated carbocycles. The number of Topliss-reactive ketones (excluding diaryl/α,β-unsaturated/α-hetero) is 1. The van der Waals surface area contributed by atoms with Crippen molar-refractivity contribution in [2.24, 2.45) is 5.41 Å². The molecule has 1 aliphatic heterocycles. The van der Waals surface area contributed by atoms with Gasteiger partial charge >= 0.3 is 0 Å². The first kappa shape index (κ1) is 18.8. The Morgan fingerprint density at radius 2 is 1.86 bits per heavy atom. The Morgan fingerprint density at radius 3 is 2.43 bits per heavy atom. The van der Waals surface area contributed by atoms with Crippen LogP contribution in [0.2, 0.25) is 5.02 Å². The number of rotatable bonds is 4. The average Bonchev–Trinajstić information content (AvgIpc) is 2.67. The summed E-state index contributed by atoms with van der Waals surface area (Å²) in [5.74, 6) is 0.918. The molecule has 1 aliphatic carbocycles. The molecule has 2 aromatic rings. The van der Waals surface area contributed by atoms with Gasteiger partial charge in [0.25, 0.3) is 0 Å². The fourth-order valence-electron chi connectivity index (χ4n) is 4.33. The lowest BCUT2D eigenvalue weighted by Crippen LogP contribution is -2.58. The number of carbonyl (C=O) groups excluding carboxylic acids is 1. The van der Waals surface area contributed by atoms with E-state index in [9.17, 15) is 4.79 Å². The van der Waals surface area contributed by atoms with Crippen LogP contribution in [0.15, 0.2) is 42.5 Å². The van der Waals surface area contributed by atoms with Crippen LogP contribution < -0.4 is 9.64 Å². The predicted octanol–water partition coefficient (Wildman–Crippen LogP) is 5.92. The Kier molecular flexibility index (Phi) is 5.03. The molecule has 5 heteroatoms. The standard InChI is InChI=1S/C23H23ClN2O2/c1-16(27)17-3-6-19(7-4-17)28-20-9-11-23(12-10-20)14-26(15-23)18-5-8-22(25-2)21(24)13-18/h3-8,13,20H,9-12,14-15H2,1H3. The predicted molar refractivity (Wildman–Crippen MR) is 112 cm³/mol. The quantitative estimate of drug-likeness (QED) is 0.476. The highest BCUT2D eigenvalue weighted by atomic mass is 35.5. The monoisotopic (exact) mass is 394 g/mol. The van der Waals surface area contributed by atoms with E-state index in [2.05, 4.69) is 9.74 Å². The molecule has 2 aliphatic rings. The second-order valence-electron chi connectivity index (χ2n) is 8.00. The van der Waals surface area contributed by atoms with Crippen LogP contribution in [-0.4, -0.2) is 25.0 Å². The van der Waals surface area contributed by atoms with Crippen molar-refractivity contribution in [2.75, 3.05) is 18.0 Å². The number of ether oxygens (including phenoxy) is 1. The summed E-state index contributed by atoms with van der Waals surface area (Å²) in [6.45, 7) is 10.8. The van der Waals surface area contributed by atoms with E-state index in [1.807, 2.05) is 36.4 Å². The summed E-state index contributed by atoms with van der Waals surface area (Å²) in [6.07, 6.45) is 4.68.